The van der Waals surface area contributed by atoms with Crippen molar-refractivity contribution >= 4 is 17.9 Å². The second-order valence-electron chi connectivity index (χ2n) is 3.35. The van der Waals surface area contributed by atoms with E-state index in [0.29, 0.717) is 12.0 Å². The minimum Gasteiger partial charge on any atom is -0.465 e. The fourth-order valence-electron chi connectivity index (χ4n) is 1.19. The summed E-state index contributed by atoms with van der Waals surface area (Å²) >= 11 is 0. The molecule has 0 saturated heterocycles. The van der Waals surface area contributed by atoms with Crippen molar-refractivity contribution in [1.29, 1.82) is 0 Å². The van der Waals surface area contributed by atoms with E-state index in [1.807, 2.05) is 27.0 Å². The van der Waals surface area contributed by atoms with Crippen LogP contribution in [0.15, 0.2) is 18.2 Å². The Kier molecular flexibility index (Phi) is 7.43. The first-order chi connectivity index (χ1) is 8.10. The third-order valence-electron chi connectivity index (χ3n) is 2.08. The molecule has 4 nitrogen and oxygen atoms in total. The molecule has 0 atom stereocenters. The second kappa shape index (κ2) is 8.33. The van der Waals surface area contributed by atoms with E-state index in [2.05, 4.69) is 10.1 Å². The minimum absolute atomic E-state index is 0.300. The zero-order valence-electron chi connectivity index (χ0n) is 10.7. The fourth-order valence-corrected chi connectivity index (χ4v) is 1.19. The Morgan fingerprint density at radius 3 is 2.41 bits per heavy atom. The number of hydrogen-bond acceptors (Lipinski definition) is 4. The molecule has 0 aromatic heterocycles. The Morgan fingerprint density at radius 1 is 1.47 bits per heavy atom. The molecule has 0 aliphatic carbocycles. The van der Waals surface area contributed by atoms with Crippen LogP contribution in [0.4, 0.5) is 5.69 Å². The Balaban J connectivity index is 0.000000557. The van der Waals surface area contributed by atoms with E-state index < -0.39 is 0 Å². The van der Waals surface area contributed by atoms with Gasteiger partial charge in [-0.1, -0.05) is 6.92 Å². The van der Waals surface area contributed by atoms with E-state index >= 15 is 0 Å². The van der Waals surface area contributed by atoms with Crippen molar-refractivity contribution in [2.24, 2.45) is 0 Å². The number of aldehydes is 1. The zero-order valence-corrected chi connectivity index (χ0v) is 10.7. The second-order valence-corrected chi connectivity index (χ2v) is 3.35. The molecule has 0 fully saturated rings. The van der Waals surface area contributed by atoms with Crippen LogP contribution in [-0.2, 0) is 9.53 Å². The molecule has 1 aromatic carbocycles. The number of esters is 1. The van der Waals surface area contributed by atoms with Gasteiger partial charge in [-0.15, -0.1) is 0 Å². The van der Waals surface area contributed by atoms with Gasteiger partial charge in [-0.2, -0.15) is 0 Å². The molecule has 0 bridgehead atoms. The van der Waals surface area contributed by atoms with Crippen molar-refractivity contribution in [2.75, 3.05) is 19.5 Å². The molecule has 0 unspecified atom stereocenters. The number of carbonyl (C=O) groups excluding carboxylic acids is 2. The lowest BCUT2D eigenvalue weighted by molar-refractivity contribution is -0.107. The predicted octanol–water partition coefficient (Wildman–Crippen LogP) is 2.42. The van der Waals surface area contributed by atoms with Crippen molar-refractivity contribution in [1.82, 2.24) is 0 Å². The molecule has 0 spiro atoms. The summed E-state index contributed by atoms with van der Waals surface area (Å²) in [5, 5.41) is 3.03. The van der Waals surface area contributed by atoms with Crippen LogP contribution in [0, 0.1) is 6.92 Å². The molecule has 0 saturated carbocycles. The molecule has 0 amide bonds. The summed E-state index contributed by atoms with van der Waals surface area (Å²) < 4.78 is 4.61. The molecule has 0 radical (unpaired) electrons. The molecule has 0 heterocycles. The van der Waals surface area contributed by atoms with Gasteiger partial charge in [0.1, 0.15) is 6.29 Å². The number of nitrogens with one attached hydrogen (secondary N) is 1. The van der Waals surface area contributed by atoms with Crippen LogP contribution in [-0.4, -0.2) is 26.4 Å². The summed E-state index contributed by atoms with van der Waals surface area (Å²) in [5.74, 6) is -0.300. The van der Waals surface area contributed by atoms with Crippen LogP contribution in [0.5, 0.6) is 0 Å². The van der Waals surface area contributed by atoms with Gasteiger partial charge in [0.25, 0.3) is 0 Å². The Hall–Kier alpha value is -1.84. The lowest BCUT2D eigenvalue weighted by Crippen LogP contribution is -2.02. The van der Waals surface area contributed by atoms with Gasteiger partial charge in [0, 0.05) is 19.2 Å². The van der Waals surface area contributed by atoms with Crippen LogP contribution in [0.2, 0.25) is 0 Å². The maximum Gasteiger partial charge on any atom is 0.337 e. The minimum atomic E-state index is -0.300. The summed E-state index contributed by atoms with van der Waals surface area (Å²) in [4.78, 5) is 20.3. The van der Waals surface area contributed by atoms with Crippen molar-refractivity contribution in [3.05, 3.63) is 29.3 Å². The van der Waals surface area contributed by atoms with Crippen molar-refractivity contribution in [3.8, 4) is 0 Å². The number of hydrogen-bond donors (Lipinski definition) is 1. The van der Waals surface area contributed by atoms with Crippen LogP contribution in [0.25, 0.3) is 0 Å². The van der Waals surface area contributed by atoms with E-state index in [4.69, 9.17) is 0 Å². The maximum absolute atomic E-state index is 11.1. The number of benzene rings is 1. The Bertz CT molecular complexity index is 375. The molecule has 17 heavy (non-hydrogen) atoms. The van der Waals surface area contributed by atoms with Crippen molar-refractivity contribution in [3.63, 3.8) is 0 Å². The average molecular weight is 237 g/mol. The van der Waals surface area contributed by atoms with Gasteiger partial charge >= 0.3 is 5.97 Å². The normalized spacial score (nSPS) is 8.71. The Morgan fingerprint density at radius 2 is 2.06 bits per heavy atom. The van der Waals surface area contributed by atoms with Crippen molar-refractivity contribution in [2.45, 2.75) is 20.3 Å². The lowest BCUT2D eigenvalue weighted by atomic mass is 10.1. The number of ether oxygens (including phenoxy) is 1. The van der Waals surface area contributed by atoms with E-state index in [1.54, 1.807) is 12.1 Å². The standard InChI is InChI=1S/C10H13NO2.C3H6O/c1-7-6-8(10(12)13-3)4-5-9(7)11-2;1-2-3-4/h4-6,11H,1-3H3;3H,2H2,1H3. The van der Waals surface area contributed by atoms with Gasteiger partial charge in [0.05, 0.1) is 12.7 Å². The van der Waals surface area contributed by atoms with Crippen LogP contribution < -0.4 is 5.32 Å². The number of carbonyl (C=O) groups is 2. The van der Waals surface area contributed by atoms with E-state index in [0.717, 1.165) is 17.5 Å². The summed E-state index contributed by atoms with van der Waals surface area (Å²) in [5.41, 5.74) is 2.64. The van der Waals surface area contributed by atoms with Crippen LogP contribution in [0.3, 0.4) is 0 Å². The largest absolute Gasteiger partial charge is 0.465 e. The number of aryl methyl sites for hydroxylation is 1. The maximum atomic E-state index is 11.1. The topological polar surface area (TPSA) is 55.4 Å². The third kappa shape index (κ3) is 5.15. The number of methoxy groups -OCH3 is 1. The molecule has 1 N–H and O–H groups in total. The summed E-state index contributed by atoms with van der Waals surface area (Å²) in [7, 11) is 3.23. The highest BCUT2D eigenvalue weighted by atomic mass is 16.5. The molecule has 0 aliphatic heterocycles. The van der Waals surface area contributed by atoms with Gasteiger partial charge in [-0.05, 0) is 30.7 Å². The molecule has 4 heteroatoms. The van der Waals surface area contributed by atoms with Crippen molar-refractivity contribution < 1.29 is 14.3 Å². The van der Waals surface area contributed by atoms with Gasteiger partial charge in [-0.25, -0.2) is 4.79 Å². The van der Waals surface area contributed by atoms with E-state index in [9.17, 15) is 9.59 Å². The fraction of sp³-hybridized carbons (Fsp3) is 0.385. The van der Waals surface area contributed by atoms with Gasteiger partial charge in [0.2, 0.25) is 0 Å². The first-order valence-corrected chi connectivity index (χ1v) is 5.41. The smallest absolute Gasteiger partial charge is 0.337 e. The van der Waals surface area contributed by atoms with Gasteiger partial charge in [0.15, 0.2) is 0 Å². The quantitative estimate of drug-likeness (QED) is 0.648. The predicted molar refractivity (Wildman–Crippen MR) is 68.4 cm³/mol. The molecular weight excluding hydrogens is 218 g/mol. The van der Waals surface area contributed by atoms with Gasteiger partial charge in [-0.3, -0.25) is 0 Å². The monoisotopic (exact) mass is 237 g/mol. The molecule has 0 aliphatic rings. The molecule has 1 rings (SSSR count). The molecule has 94 valence electrons. The molecule has 1 aromatic rings. The zero-order chi connectivity index (χ0) is 13.3. The lowest BCUT2D eigenvalue weighted by Gasteiger charge is -2.06. The average Bonchev–Trinajstić information content (AvgIpc) is 2.38. The van der Waals surface area contributed by atoms with Crippen LogP contribution in [0.1, 0.15) is 29.3 Å². The van der Waals surface area contributed by atoms with E-state index in [-0.39, 0.29) is 5.97 Å². The van der Waals surface area contributed by atoms with Gasteiger partial charge < -0.3 is 14.8 Å². The van der Waals surface area contributed by atoms with Crippen LogP contribution >= 0.6 is 0 Å². The van der Waals surface area contributed by atoms with E-state index in [1.165, 1.54) is 7.11 Å². The summed E-state index contributed by atoms with van der Waals surface area (Å²) in [6, 6.07) is 5.41. The summed E-state index contributed by atoms with van der Waals surface area (Å²) in [6.45, 7) is 3.76. The first-order valence-electron chi connectivity index (χ1n) is 5.41. The number of anilines is 1. The summed E-state index contributed by atoms with van der Waals surface area (Å²) in [6.07, 6.45) is 1.51. The SMILES string of the molecule is CCC=O.CNc1ccc(C(=O)OC)cc1C. The third-order valence-corrected chi connectivity index (χ3v) is 2.08. The molecular formula is C13H19NO3. The number of rotatable bonds is 3. The first kappa shape index (κ1) is 15.2. The highest BCUT2D eigenvalue weighted by Crippen LogP contribution is 2.15. The highest BCUT2D eigenvalue weighted by Gasteiger charge is 2.05. The Labute approximate surface area is 102 Å². The highest BCUT2D eigenvalue weighted by molar-refractivity contribution is 5.90.